The van der Waals surface area contributed by atoms with Crippen LogP contribution in [0.15, 0.2) is 65.8 Å². The number of aryl methyl sites for hydroxylation is 2. The molecule has 2 aromatic carbocycles. The van der Waals surface area contributed by atoms with Gasteiger partial charge < -0.3 is 20.4 Å². The van der Waals surface area contributed by atoms with Crippen LogP contribution >= 0.6 is 12.2 Å². The van der Waals surface area contributed by atoms with Crippen molar-refractivity contribution < 1.29 is 4.74 Å². The summed E-state index contributed by atoms with van der Waals surface area (Å²) in [6.07, 6.45) is 2.80. The van der Waals surface area contributed by atoms with Gasteiger partial charge in [-0.15, -0.1) is 0 Å². The third-order valence-corrected chi connectivity index (χ3v) is 5.40. The molecule has 0 atom stereocenters. The summed E-state index contributed by atoms with van der Waals surface area (Å²) in [5.41, 5.74) is 4.90. The minimum Gasteiger partial charge on any atom is -0.494 e. The van der Waals surface area contributed by atoms with Gasteiger partial charge in [-0.25, -0.2) is 9.97 Å². The van der Waals surface area contributed by atoms with Crippen molar-refractivity contribution in [2.45, 2.75) is 27.2 Å². The number of fused-ring (bicyclic) bond motifs is 1. The van der Waals surface area contributed by atoms with E-state index in [0.717, 1.165) is 34.8 Å². The fourth-order valence-electron chi connectivity index (χ4n) is 3.70. The molecule has 0 aliphatic carbocycles. The van der Waals surface area contributed by atoms with Gasteiger partial charge in [0.15, 0.2) is 5.11 Å². The highest BCUT2D eigenvalue weighted by Gasteiger charge is 2.08. The fourth-order valence-corrected chi connectivity index (χ4v) is 3.91. The molecule has 0 saturated heterocycles. The molecule has 4 rings (SSSR count). The second-order valence-corrected chi connectivity index (χ2v) is 8.38. The van der Waals surface area contributed by atoms with Crippen LogP contribution in [0.25, 0.3) is 10.9 Å². The van der Waals surface area contributed by atoms with Gasteiger partial charge in [-0.05, 0) is 81.4 Å². The predicted octanol–water partition coefficient (Wildman–Crippen LogP) is 4.97. The zero-order valence-corrected chi connectivity index (χ0v) is 20.9. The quantitative estimate of drug-likeness (QED) is 0.166. The molecule has 8 nitrogen and oxygen atoms in total. The number of hydrogen-bond donors (Lipinski definition) is 4. The highest BCUT2D eigenvalue weighted by Crippen LogP contribution is 2.18. The summed E-state index contributed by atoms with van der Waals surface area (Å²) < 4.78 is 5.50. The number of para-hydroxylation sites is 1. The summed E-state index contributed by atoms with van der Waals surface area (Å²) >= 11 is 5.54. The van der Waals surface area contributed by atoms with Gasteiger partial charge in [-0.3, -0.25) is 10.3 Å². The molecule has 2 aromatic heterocycles. The topological polar surface area (TPSA) is 99.2 Å². The van der Waals surface area contributed by atoms with E-state index in [2.05, 4.69) is 43.0 Å². The average Bonchev–Trinajstić information content (AvgIpc) is 3.23. The van der Waals surface area contributed by atoms with Crippen molar-refractivity contribution in [2.75, 3.05) is 23.8 Å². The Bertz CT molecular complexity index is 1310. The van der Waals surface area contributed by atoms with Crippen LogP contribution in [0.5, 0.6) is 5.75 Å². The van der Waals surface area contributed by atoms with Crippen LogP contribution in [0.1, 0.15) is 23.9 Å². The molecule has 2 heterocycles. The second-order valence-electron chi connectivity index (χ2n) is 7.98. The summed E-state index contributed by atoms with van der Waals surface area (Å²) in [5.74, 6) is 1.74. The maximum atomic E-state index is 5.54. The maximum absolute atomic E-state index is 5.54. The molecule has 4 N–H and O–H groups in total. The van der Waals surface area contributed by atoms with E-state index in [0.29, 0.717) is 30.2 Å². The average molecular weight is 488 g/mol. The third-order valence-electron chi connectivity index (χ3n) is 5.19. The SMILES string of the molecule is CCOc1ccc(NC(=S)NC(=NCCc2c[nH]c3ccccc23)Nc2nc(C)cc(C)n2)cc1. The standard InChI is InChI=1S/C26H29N7OS/c1-4-34-21-11-9-20(10-12-21)31-26(35)33-24(32-25-29-17(2)15-18(3)30-25)27-14-13-19-16-28-23-8-6-5-7-22(19)23/h5-12,15-16,28H,4,13-14H2,1-3H3,(H3,27,29,30,31,32,33,35). The molecular weight excluding hydrogens is 458 g/mol. The second kappa shape index (κ2) is 11.4. The molecule has 0 aliphatic rings. The molecular formula is C26H29N7OS. The number of nitrogens with zero attached hydrogens (tertiary/aromatic N) is 3. The van der Waals surface area contributed by atoms with Gasteiger partial charge in [-0.1, -0.05) is 18.2 Å². The molecule has 0 saturated carbocycles. The van der Waals surface area contributed by atoms with Crippen LogP contribution in [0.2, 0.25) is 0 Å². The van der Waals surface area contributed by atoms with Crippen LogP contribution < -0.4 is 20.7 Å². The van der Waals surface area contributed by atoms with Gasteiger partial charge in [0.05, 0.1) is 6.61 Å². The fraction of sp³-hybridized carbons (Fsp3) is 0.231. The Balaban J connectivity index is 1.47. The Morgan fingerprint density at radius 1 is 1.03 bits per heavy atom. The van der Waals surface area contributed by atoms with Gasteiger partial charge in [-0.2, -0.15) is 0 Å². The lowest BCUT2D eigenvalue weighted by Gasteiger charge is -2.14. The molecule has 35 heavy (non-hydrogen) atoms. The number of ether oxygens (including phenoxy) is 1. The number of hydrogen-bond acceptors (Lipinski definition) is 5. The molecule has 0 radical (unpaired) electrons. The van der Waals surface area contributed by atoms with Crippen LogP contribution in [0.4, 0.5) is 11.6 Å². The first kappa shape index (κ1) is 24.2. The molecule has 0 bridgehead atoms. The summed E-state index contributed by atoms with van der Waals surface area (Å²) in [6, 6.07) is 17.8. The number of aromatic nitrogens is 3. The molecule has 180 valence electrons. The number of guanidine groups is 1. The van der Waals surface area contributed by atoms with Crippen molar-refractivity contribution in [3.63, 3.8) is 0 Å². The largest absolute Gasteiger partial charge is 0.494 e. The molecule has 0 spiro atoms. The summed E-state index contributed by atoms with van der Waals surface area (Å²) in [4.78, 5) is 17.0. The lowest BCUT2D eigenvalue weighted by atomic mass is 10.1. The van der Waals surface area contributed by atoms with Crippen molar-refractivity contribution in [1.82, 2.24) is 20.3 Å². The van der Waals surface area contributed by atoms with Crippen LogP contribution in [0, 0.1) is 13.8 Å². The third kappa shape index (κ3) is 6.77. The van der Waals surface area contributed by atoms with E-state index < -0.39 is 0 Å². The molecule has 4 aromatic rings. The van der Waals surface area contributed by atoms with Gasteiger partial charge in [0.25, 0.3) is 0 Å². The van der Waals surface area contributed by atoms with Gasteiger partial charge in [0, 0.05) is 40.7 Å². The Morgan fingerprint density at radius 3 is 2.51 bits per heavy atom. The van der Waals surface area contributed by atoms with E-state index in [4.69, 9.17) is 21.9 Å². The van der Waals surface area contributed by atoms with E-state index in [1.165, 1.54) is 10.9 Å². The summed E-state index contributed by atoms with van der Waals surface area (Å²) in [5, 5.41) is 11.1. The minimum absolute atomic E-state index is 0.400. The molecule has 0 amide bonds. The first-order chi connectivity index (χ1) is 17.0. The molecule has 0 aliphatic heterocycles. The van der Waals surface area contributed by atoms with Crippen molar-refractivity contribution in [3.05, 3.63) is 77.7 Å². The molecule has 0 unspecified atom stereocenters. The smallest absolute Gasteiger partial charge is 0.229 e. The summed E-state index contributed by atoms with van der Waals surface area (Å²) in [7, 11) is 0. The normalized spacial score (nSPS) is 11.3. The number of aromatic amines is 1. The Hall–Kier alpha value is -3.98. The highest BCUT2D eigenvalue weighted by molar-refractivity contribution is 7.80. The zero-order chi connectivity index (χ0) is 24.6. The monoisotopic (exact) mass is 487 g/mol. The number of H-pyrrole nitrogens is 1. The van der Waals surface area contributed by atoms with Crippen molar-refractivity contribution >= 4 is 45.8 Å². The predicted molar refractivity (Wildman–Crippen MR) is 146 cm³/mol. The molecule has 0 fully saturated rings. The van der Waals surface area contributed by atoms with E-state index in [9.17, 15) is 0 Å². The van der Waals surface area contributed by atoms with Crippen molar-refractivity contribution in [1.29, 1.82) is 0 Å². The first-order valence-corrected chi connectivity index (χ1v) is 11.9. The van der Waals surface area contributed by atoms with E-state index >= 15 is 0 Å². The minimum atomic E-state index is 0.400. The number of aliphatic imine (C=N–C) groups is 1. The number of nitrogens with one attached hydrogen (secondary N) is 4. The zero-order valence-electron chi connectivity index (χ0n) is 20.1. The van der Waals surface area contributed by atoms with E-state index in [1.807, 2.05) is 69.4 Å². The summed E-state index contributed by atoms with van der Waals surface area (Å²) in [6.45, 7) is 6.99. The number of thiocarbonyl (C=S) groups is 1. The Kier molecular flexibility index (Phi) is 7.89. The maximum Gasteiger partial charge on any atom is 0.229 e. The number of anilines is 2. The van der Waals surface area contributed by atoms with E-state index in [-0.39, 0.29) is 0 Å². The van der Waals surface area contributed by atoms with Crippen LogP contribution in [-0.2, 0) is 6.42 Å². The Morgan fingerprint density at radius 2 is 1.77 bits per heavy atom. The lowest BCUT2D eigenvalue weighted by molar-refractivity contribution is 0.340. The van der Waals surface area contributed by atoms with Crippen molar-refractivity contribution in [3.8, 4) is 5.75 Å². The first-order valence-electron chi connectivity index (χ1n) is 11.5. The molecule has 9 heteroatoms. The van der Waals surface area contributed by atoms with Crippen LogP contribution in [-0.4, -0.2) is 39.2 Å². The van der Waals surface area contributed by atoms with Crippen molar-refractivity contribution in [2.24, 2.45) is 4.99 Å². The van der Waals surface area contributed by atoms with Gasteiger partial charge in [0.2, 0.25) is 11.9 Å². The number of benzene rings is 2. The van der Waals surface area contributed by atoms with Crippen LogP contribution in [0.3, 0.4) is 0 Å². The van der Waals surface area contributed by atoms with E-state index in [1.54, 1.807) is 0 Å². The number of rotatable bonds is 7. The lowest BCUT2D eigenvalue weighted by Crippen LogP contribution is -2.39. The Labute approximate surface area is 210 Å². The highest BCUT2D eigenvalue weighted by atomic mass is 32.1. The van der Waals surface area contributed by atoms with Gasteiger partial charge in [0.1, 0.15) is 5.75 Å². The van der Waals surface area contributed by atoms with Gasteiger partial charge >= 0.3 is 0 Å².